The van der Waals surface area contributed by atoms with Crippen LogP contribution >= 0.6 is 11.8 Å². The van der Waals surface area contributed by atoms with Gasteiger partial charge in [-0.2, -0.15) is 30.2 Å². The molecule has 0 radical (unpaired) electrons. The lowest BCUT2D eigenvalue weighted by atomic mass is 9.85. The van der Waals surface area contributed by atoms with Crippen molar-refractivity contribution in [3.63, 3.8) is 0 Å². The molecule has 0 amide bonds. The number of hydrogen-bond donors (Lipinski definition) is 1. The van der Waals surface area contributed by atoms with Crippen LogP contribution in [0.3, 0.4) is 0 Å². The summed E-state index contributed by atoms with van der Waals surface area (Å²) in [5.41, 5.74) is 1.08. The zero-order valence-corrected chi connectivity index (χ0v) is 16.7. The van der Waals surface area contributed by atoms with Gasteiger partial charge in [-0.3, -0.25) is 0 Å². The predicted octanol–water partition coefficient (Wildman–Crippen LogP) is 6.62. The number of aromatic amines is 1. The van der Waals surface area contributed by atoms with Crippen LogP contribution in [0.1, 0.15) is 34.6 Å². The van der Waals surface area contributed by atoms with Crippen molar-refractivity contribution in [2.75, 3.05) is 6.26 Å². The van der Waals surface area contributed by atoms with Gasteiger partial charge in [0.2, 0.25) is 0 Å². The van der Waals surface area contributed by atoms with Gasteiger partial charge < -0.3 is 4.98 Å². The highest BCUT2D eigenvalue weighted by molar-refractivity contribution is 7.97. The maximum Gasteiger partial charge on any atom is 0.416 e. The van der Waals surface area contributed by atoms with Crippen LogP contribution in [0.2, 0.25) is 0 Å². The largest absolute Gasteiger partial charge is 0.416 e. The number of halogens is 5. The predicted molar refractivity (Wildman–Crippen MR) is 106 cm³/mol. The molecular weight excluding hydrogens is 419 g/mol. The number of alkyl halides is 3. The van der Waals surface area contributed by atoms with E-state index in [0.29, 0.717) is 34.7 Å². The zero-order chi connectivity index (χ0) is 21.6. The molecular formula is C22H17F5N2S. The molecule has 2 aromatic carbocycles. The van der Waals surface area contributed by atoms with Crippen LogP contribution in [0.25, 0.3) is 10.9 Å². The first-order chi connectivity index (χ1) is 14.2. The molecule has 0 aliphatic heterocycles. The zero-order valence-electron chi connectivity index (χ0n) is 15.9. The van der Waals surface area contributed by atoms with Crippen molar-refractivity contribution in [3.8, 4) is 6.07 Å². The van der Waals surface area contributed by atoms with Crippen LogP contribution in [-0.2, 0) is 11.9 Å². The Bertz CT molecular complexity index is 1140. The van der Waals surface area contributed by atoms with Gasteiger partial charge in [-0.25, -0.2) is 8.78 Å². The van der Waals surface area contributed by atoms with Gasteiger partial charge in [-0.1, -0.05) is 6.07 Å². The first-order valence-corrected chi connectivity index (χ1v) is 10.7. The van der Waals surface area contributed by atoms with E-state index >= 15 is 0 Å². The van der Waals surface area contributed by atoms with E-state index in [4.69, 9.17) is 0 Å². The lowest BCUT2D eigenvalue weighted by Crippen LogP contribution is -2.10. The Labute approximate surface area is 174 Å². The van der Waals surface area contributed by atoms with E-state index in [1.54, 1.807) is 6.20 Å². The quantitative estimate of drug-likeness (QED) is 0.457. The van der Waals surface area contributed by atoms with E-state index in [0.717, 1.165) is 17.7 Å². The minimum absolute atomic E-state index is 0.0855. The van der Waals surface area contributed by atoms with Gasteiger partial charge in [-0.15, -0.1) is 0 Å². The number of benzene rings is 2. The SMILES string of the molecule is CSCc1cc(F)cc2c(C(c3ccc(C(F)(F)F)cc3F)C3CC3C#N)c[nH]c12. The summed E-state index contributed by atoms with van der Waals surface area (Å²) in [5.74, 6) is -2.05. The molecule has 0 saturated heterocycles. The van der Waals surface area contributed by atoms with Crippen molar-refractivity contribution >= 4 is 22.7 Å². The second-order valence-electron chi connectivity index (χ2n) is 7.51. The monoisotopic (exact) mass is 436 g/mol. The summed E-state index contributed by atoms with van der Waals surface area (Å²) in [5, 5.41) is 9.86. The number of rotatable bonds is 5. The maximum atomic E-state index is 14.9. The summed E-state index contributed by atoms with van der Waals surface area (Å²) in [4.78, 5) is 3.12. The molecule has 0 spiro atoms. The molecule has 156 valence electrons. The Morgan fingerprint density at radius 1 is 1.20 bits per heavy atom. The minimum Gasteiger partial charge on any atom is -0.361 e. The topological polar surface area (TPSA) is 39.6 Å². The molecule has 4 rings (SSSR count). The fourth-order valence-corrected chi connectivity index (χ4v) is 4.67. The van der Waals surface area contributed by atoms with Crippen molar-refractivity contribution in [2.45, 2.75) is 24.3 Å². The highest BCUT2D eigenvalue weighted by atomic mass is 32.2. The van der Waals surface area contributed by atoms with Gasteiger partial charge in [-0.05, 0) is 59.6 Å². The highest BCUT2D eigenvalue weighted by Gasteiger charge is 2.46. The molecule has 8 heteroatoms. The average molecular weight is 436 g/mol. The fraction of sp³-hybridized carbons (Fsp3) is 0.318. The third-order valence-electron chi connectivity index (χ3n) is 5.60. The van der Waals surface area contributed by atoms with Crippen molar-refractivity contribution in [3.05, 3.63) is 70.4 Å². The third-order valence-corrected chi connectivity index (χ3v) is 6.20. The molecule has 1 N–H and O–H groups in total. The summed E-state index contributed by atoms with van der Waals surface area (Å²) in [6, 6.07) is 7.41. The average Bonchev–Trinajstić information content (AvgIpc) is 3.34. The van der Waals surface area contributed by atoms with Gasteiger partial charge >= 0.3 is 6.18 Å². The van der Waals surface area contributed by atoms with E-state index in [-0.39, 0.29) is 17.4 Å². The Morgan fingerprint density at radius 2 is 1.97 bits per heavy atom. The molecule has 30 heavy (non-hydrogen) atoms. The number of aromatic nitrogens is 1. The first kappa shape index (κ1) is 20.7. The second kappa shape index (κ2) is 7.62. The molecule has 3 atom stereocenters. The standard InChI is InChI=1S/C22H17F5N2S/c1-30-10-12-4-14(23)7-17-18(9-29-21(12)17)20(16-5-11(16)8-28)15-3-2-13(6-19(15)24)22(25,26)27/h2-4,6-7,9,11,16,20,29H,5,10H2,1H3. The molecule has 1 fully saturated rings. The summed E-state index contributed by atoms with van der Waals surface area (Å²) >= 11 is 1.53. The number of nitrogens with zero attached hydrogens (tertiary/aromatic N) is 1. The van der Waals surface area contributed by atoms with Gasteiger partial charge in [0.05, 0.1) is 17.6 Å². The van der Waals surface area contributed by atoms with Gasteiger partial charge in [0.15, 0.2) is 0 Å². The van der Waals surface area contributed by atoms with Crippen molar-refractivity contribution < 1.29 is 22.0 Å². The molecule has 2 nitrogen and oxygen atoms in total. The van der Waals surface area contributed by atoms with Crippen LogP contribution in [0, 0.1) is 34.8 Å². The van der Waals surface area contributed by atoms with E-state index in [9.17, 15) is 27.2 Å². The van der Waals surface area contributed by atoms with Crippen molar-refractivity contribution in [1.29, 1.82) is 5.26 Å². The molecule has 1 aromatic heterocycles. The summed E-state index contributed by atoms with van der Waals surface area (Å²) in [6.07, 6.45) is -0.591. The number of nitriles is 1. The Morgan fingerprint density at radius 3 is 2.57 bits per heavy atom. The van der Waals surface area contributed by atoms with E-state index in [1.807, 2.05) is 6.26 Å². The molecule has 3 unspecified atom stereocenters. The summed E-state index contributed by atoms with van der Waals surface area (Å²) in [7, 11) is 0. The number of fused-ring (bicyclic) bond motifs is 1. The van der Waals surface area contributed by atoms with Crippen LogP contribution in [0.4, 0.5) is 22.0 Å². The lowest BCUT2D eigenvalue weighted by Gasteiger charge is -2.19. The molecule has 1 aliphatic rings. The Kier molecular flexibility index (Phi) is 5.27. The highest BCUT2D eigenvalue weighted by Crippen LogP contribution is 2.53. The Hall–Kier alpha value is -2.53. The van der Waals surface area contributed by atoms with Gasteiger partial charge in [0, 0.05) is 28.8 Å². The fourth-order valence-electron chi connectivity index (χ4n) is 4.13. The lowest BCUT2D eigenvalue weighted by molar-refractivity contribution is -0.137. The molecule has 1 saturated carbocycles. The summed E-state index contributed by atoms with van der Waals surface area (Å²) < 4.78 is 68.1. The molecule has 3 aromatic rings. The minimum atomic E-state index is -4.65. The second-order valence-corrected chi connectivity index (χ2v) is 8.38. The molecule has 0 bridgehead atoms. The van der Waals surface area contributed by atoms with Crippen molar-refractivity contribution in [1.82, 2.24) is 4.98 Å². The van der Waals surface area contributed by atoms with E-state index in [2.05, 4.69) is 11.1 Å². The van der Waals surface area contributed by atoms with Crippen LogP contribution in [0.5, 0.6) is 0 Å². The van der Waals surface area contributed by atoms with Crippen LogP contribution < -0.4 is 0 Å². The number of hydrogen-bond acceptors (Lipinski definition) is 2. The summed E-state index contributed by atoms with van der Waals surface area (Å²) in [6.45, 7) is 0. The van der Waals surface area contributed by atoms with E-state index in [1.165, 1.54) is 23.9 Å². The van der Waals surface area contributed by atoms with Gasteiger partial charge in [0.1, 0.15) is 11.6 Å². The molecule has 1 heterocycles. The molecule has 1 aliphatic carbocycles. The normalized spacial score (nSPS) is 19.6. The Balaban J connectivity index is 1.87. The number of thioether (sulfide) groups is 1. The van der Waals surface area contributed by atoms with Crippen molar-refractivity contribution in [2.24, 2.45) is 11.8 Å². The number of nitrogens with one attached hydrogen (secondary N) is 1. The van der Waals surface area contributed by atoms with Crippen LogP contribution in [-0.4, -0.2) is 11.2 Å². The maximum absolute atomic E-state index is 14.9. The number of H-pyrrole nitrogens is 1. The smallest absolute Gasteiger partial charge is 0.361 e. The third kappa shape index (κ3) is 3.67. The van der Waals surface area contributed by atoms with Crippen LogP contribution in [0.15, 0.2) is 36.5 Å². The van der Waals surface area contributed by atoms with Gasteiger partial charge in [0.25, 0.3) is 0 Å². The van der Waals surface area contributed by atoms with E-state index < -0.39 is 29.3 Å². The first-order valence-electron chi connectivity index (χ1n) is 9.29.